The van der Waals surface area contributed by atoms with Gasteiger partial charge in [-0.1, -0.05) is 83.1 Å². The Bertz CT molecular complexity index is 333. The maximum absolute atomic E-state index is 3.99. The Hall–Kier alpha value is -1.40. The Morgan fingerprint density at radius 3 is 0.769 bits per heavy atom. The summed E-state index contributed by atoms with van der Waals surface area (Å²) in [6.45, 7) is 40.5. The highest BCUT2D eigenvalue weighted by Gasteiger charge is 1.90. The van der Waals surface area contributed by atoms with Crippen molar-refractivity contribution in [3.8, 4) is 0 Å². The summed E-state index contributed by atoms with van der Waals surface area (Å²) in [6.07, 6.45) is 3.90. The Morgan fingerprint density at radius 2 is 0.718 bits per heavy atom. The smallest absolute Gasteiger partial charge is 0.231 e. The molecule has 0 atom stereocenters. The lowest BCUT2D eigenvalue weighted by molar-refractivity contribution is -0.461. The van der Waals surface area contributed by atoms with Crippen molar-refractivity contribution in [3.63, 3.8) is 0 Å². The molecule has 0 aliphatic heterocycles. The van der Waals surface area contributed by atoms with E-state index in [0.717, 1.165) is 5.71 Å². The highest BCUT2D eigenvalue weighted by molar-refractivity contribution is 5.78. The molecule has 39 heavy (non-hydrogen) atoms. The van der Waals surface area contributed by atoms with Gasteiger partial charge in [0.2, 0.25) is 12.7 Å². The Balaban J connectivity index is -0.0000000159. The van der Waals surface area contributed by atoms with Gasteiger partial charge in [0.1, 0.15) is 0 Å². The summed E-state index contributed by atoms with van der Waals surface area (Å²) < 4.78 is 3.97. The van der Waals surface area contributed by atoms with Gasteiger partial charge in [0.15, 0.2) is 0 Å². The lowest BCUT2D eigenvalue weighted by Crippen LogP contribution is -2.24. The fourth-order valence-corrected chi connectivity index (χ4v) is 0.854. The summed E-state index contributed by atoms with van der Waals surface area (Å²) in [4.78, 5) is 0. The standard InChI is InChI=1S/3C6H14N2.6C2H6.3B.3H2/c2*1-6(2)7-5-8(3)4;1-5(2)7-8-6(3)4;6*1-2;;;;;;/h2*5-6H,1-4H3;5,7H,1-4H3;6*1-2H3;;;;3*1H/p+2/i;;;;;;;;;;;;3*1+1. The van der Waals surface area contributed by atoms with Gasteiger partial charge in [-0.2, -0.15) is 5.10 Å². The van der Waals surface area contributed by atoms with Gasteiger partial charge in [-0.3, -0.25) is 19.8 Å². The molecule has 0 heterocycles. The maximum Gasteiger partial charge on any atom is 0.231 e. The highest BCUT2D eigenvalue weighted by Crippen LogP contribution is 1.76. The minimum atomic E-state index is 0. The van der Waals surface area contributed by atoms with Crippen molar-refractivity contribution < 1.29 is 13.4 Å². The van der Waals surface area contributed by atoms with Crippen LogP contribution in [0.1, 0.15) is 143 Å². The first-order chi connectivity index (χ1) is 16.9. The van der Waals surface area contributed by atoms with E-state index in [1.54, 1.807) is 0 Å². The van der Waals surface area contributed by atoms with Crippen LogP contribution in [-0.4, -0.2) is 99.1 Å². The van der Waals surface area contributed by atoms with Crippen LogP contribution in [0.5, 0.6) is 0 Å². The van der Waals surface area contributed by atoms with Crippen molar-refractivity contribution in [2.75, 3.05) is 28.2 Å². The quantitative estimate of drug-likeness (QED) is 0.102. The van der Waals surface area contributed by atoms with Crippen LogP contribution >= 0.6 is 0 Å². The molecular formula is C30H86B3N6+2. The second-order valence-corrected chi connectivity index (χ2v) is 7.17. The average Bonchev–Trinajstić information content (AvgIpc) is 2.88. The van der Waals surface area contributed by atoms with Crippen molar-refractivity contribution in [1.82, 2.24) is 16.1 Å². The summed E-state index contributed by atoms with van der Waals surface area (Å²) in [5.74, 6) is 0. The van der Waals surface area contributed by atoms with Crippen molar-refractivity contribution in [2.24, 2.45) is 5.10 Å². The van der Waals surface area contributed by atoms with Gasteiger partial charge >= 0.3 is 0 Å². The van der Waals surface area contributed by atoms with Crippen molar-refractivity contribution in [2.45, 2.75) is 157 Å². The van der Waals surface area contributed by atoms with E-state index in [2.05, 4.69) is 62.7 Å². The molecule has 0 fully saturated rings. The first-order valence-electron chi connectivity index (χ1n) is 14.7. The molecular weight excluding hydrogens is 477 g/mol. The third kappa shape index (κ3) is 237. The molecule has 0 rings (SSSR count). The molecule has 0 amide bonds. The molecule has 9 heteroatoms. The summed E-state index contributed by atoms with van der Waals surface area (Å²) in [5, 5.41) is 10.3. The largest absolute Gasteiger partial charge is 0.308 e. The van der Waals surface area contributed by atoms with Gasteiger partial charge < -0.3 is 5.43 Å². The number of rotatable bonds is 6. The Kier molecular flexibility index (Phi) is 179. The van der Waals surface area contributed by atoms with Crippen LogP contribution in [0.15, 0.2) is 5.10 Å². The van der Waals surface area contributed by atoms with Crippen LogP contribution < -0.4 is 16.1 Å². The number of nitrogens with zero attached hydrogens (tertiary/aromatic N) is 3. The van der Waals surface area contributed by atoms with Crippen LogP contribution in [0.25, 0.3) is 0 Å². The van der Waals surface area contributed by atoms with Crippen molar-refractivity contribution in [1.29, 1.82) is 0 Å². The molecule has 0 spiro atoms. The predicted molar refractivity (Wildman–Crippen MR) is 202 cm³/mol. The van der Waals surface area contributed by atoms with E-state index >= 15 is 0 Å². The summed E-state index contributed by atoms with van der Waals surface area (Å²) in [7, 11) is 7.98. The Morgan fingerprint density at radius 1 is 0.513 bits per heavy atom. The van der Waals surface area contributed by atoms with E-state index in [9.17, 15) is 0 Å². The minimum Gasteiger partial charge on any atom is -0.308 e. The first-order valence-corrected chi connectivity index (χ1v) is 14.7. The minimum absolute atomic E-state index is 0. The van der Waals surface area contributed by atoms with Crippen LogP contribution in [0, 0.1) is 0 Å². The van der Waals surface area contributed by atoms with Crippen molar-refractivity contribution in [3.05, 3.63) is 0 Å². The van der Waals surface area contributed by atoms with E-state index < -0.39 is 0 Å². The van der Waals surface area contributed by atoms with Crippen molar-refractivity contribution >= 4 is 43.6 Å². The second-order valence-electron chi connectivity index (χ2n) is 7.17. The van der Waals surface area contributed by atoms with Gasteiger partial charge in [0, 0.05) is 41.3 Å². The summed E-state index contributed by atoms with van der Waals surface area (Å²) in [5.41, 5.74) is 4.00. The molecule has 0 aromatic carbocycles. The SMILES string of the molecule is CC.CC.CC.CC.CC.CC.CC(C)=NNC(C)C.CC(C)NC=[N+](C)C.CC(C)NC=[N+](C)C.[2HH].[2HH].[2HH].[B].[B].[B]. The summed E-state index contributed by atoms with van der Waals surface area (Å²) in [6, 6.07) is 1.53. The average molecular weight is 567 g/mol. The van der Waals surface area contributed by atoms with Gasteiger partial charge in [-0.05, 0) is 55.4 Å². The Labute approximate surface area is 263 Å². The van der Waals surface area contributed by atoms with Crippen LogP contribution in [0.4, 0.5) is 0 Å². The topological polar surface area (TPSA) is 54.5 Å². The number of nitrogens with one attached hydrogen (secondary N) is 3. The van der Waals surface area contributed by atoms with E-state index in [0.29, 0.717) is 18.1 Å². The molecule has 0 aromatic rings. The van der Waals surface area contributed by atoms with E-state index in [4.69, 9.17) is 0 Å². The zero-order chi connectivity index (χ0) is 31.7. The fourth-order valence-electron chi connectivity index (χ4n) is 0.854. The molecule has 0 bridgehead atoms. The molecule has 0 aromatic heterocycles. The van der Waals surface area contributed by atoms with E-state index in [1.165, 1.54) is 0 Å². The third-order valence-corrected chi connectivity index (χ3v) is 1.88. The molecule has 0 aliphatic rings. The zero-order valence-corrected chi connectivity index (χ0v) is 32.0. The fraction of sp³-hybridized carbons (Fsp3) is 0.900. The number of hydrogen-bond acceptors (Lipinski definition) is 2. The van der Waals surface area contributed by atoms with Gasteiger partial charge in [0.05, 0.1) is 40.3 Å². The van der Waals surface area contributed by atoms with E-state index in [-0.39, 0.29) is 29.5 Å². The monoisotopic (exact) mass is 567 g/mol. The maximum atomic E-state index is 3.99. The normalized spacial score (nSPS) is 6.54. The van der Waals surface area contributed by atoms with Crippen LogP contribution in [-0.2, 0) is 0 Å². The second kappa shape index (κ2) is 90.8. The molecule has 6 nitrogen and oxygen atoms in total. The zero-order valence-electron chi connectivity index (χ0n) is 32.0. The lowest BCUT2D eigenvalue weighted by atomic mass is 10.4. The molecule has 0 aliphatic carbocycles. The predicted octanol–water partition coefficient (Wildman–Crippen LogP) is 7.70. The molecule has 0 unspecified atom stereocenters. The van der Waals surface area contributed by atoms with Gasteiger partial charge in [0.25, 0.3) is 0 Å². The highest BCUT2D eigenvalue weighted by atomic mass is 15.3. The first kappa shape index (κ1) is 76.9. The summed E-state index contributed by atoms with van der Waals surface area (Å²) >= 11 is 0. The lowest BCUT2D eigenvalue weighted by Gasteiger charge is -2.01. The van der Waals surface area contributed by atoms with Gasteiger partial charge in [-0.15, -0.1) is 0 Å². The number of hydrazone groups is 1. The molecule has 243 valence electrons. The molecule has 0 saturated heterocycles. The molecule has 0 saturated carbocycles. The number of hydrogen-bond donors (Lipinski definition) is 3. The molecule has 9 radical (unpaired) electrons. The van der Waals surface area contributed by atoms with E-state index in [1.807, 2.05) is 147 Å². The third-order valence-electron chi connectivity index (χ3n) is 1.88. The van der Waals surface area contributed by atoms with Crippen LogP contribution in [0.2, 0.25) is 0 Å². The van der Waals surface area contributed by atoms with Gasteiger partial charge in [-0.25, -0.2) is 0 Å². The van der Waals surface area contributed by atoms with Crippen LogP contribution in [0.3, 0.4) is 0 Å². The molecule has 3 N–H and O–H groups in total.